The van der Waals surface area contributed by atoms with Crippen LogP contribution in [0.1, 0.15) is 11.1 Å². The molecule has 0 saturated carbocycles. The fourth-order valence-electron chi connectivity index (χ4n) is 1.59. The van der Waals surface area contributed by atoms with Gasteiger partial charge in [-0.3, -0.25) is 0 Å². The van der Waals surface area contributed by atoms with E-state index in [1.54, 1.807) is 0 Å². The first kappa shape index (κ1) is 13.7. The second-order valence-corrected chi connectivity index (χ2v) is 5.27. The van der Waals surface area contributed by atoms with E-state index < -0.39 is 0 Å². The Balaban J connectivity index is 2.18. The van der Waals surface area contributed by atoms with Crippen molar-refractivity contribution < 1.29 is 4.74 Å². The summed E-state index contributed by atoms with van der Waals surface area (Å²) in [5.41, 5.74) is 1.91. The summed E-state index contributed by atoms with van der Waals surface area (Å²) in [7, 11) is 0. The topological polar surface area (TPSA) is 9.23 Å². The molecule has 0 aliphatic rings. The van der Waals surface area contributed by atoms with Crippen LogP contribution in [-0.2, 0) is 12.5 Å². The number of benzene rings is 2. The lowest BCUT2D eigenvalue weighted by Gasteiger charge is -2.12. The zero-order valence-electron chi connectivity index (χ0n) is 9.50. The molecule has 0 atom stereocenters. The van der Waals surface area contributed by atoms with Crippen molar-refractivity contribution >= 4 is 39.1 Å². The Hall–Kier alpha value is -0.700. The lowest BCUT2D eigenvalue weighted by molar-refractivity contribution is 0.302. The molecule has 0 fully saturated rings. The molecule has 2 aromatic carbocycles. The summed E-state index contributed by atoms with van der Waals surface area (Å²) >= 11 is 15.4. The van der Waals surface area contributed by atoms with Crippen molar-refractivity contribution in [2.75, 3.05) is 0 Å². The van der Waals surface area contributed by atoms with E-state index in [2.05, 4.69) is 15.9 Å². The minimum atomic E-state index is 0.414. The minimum Gasteiger partial charge on any atom is -0.487 e. The Morgan fingerprint density at radius 1 is 1.00 bits per heavy atom. The summed E-state index contributed by atoms with van der Waals surface area (Å²) in [5, 5.41) is 0.706. The SMILES string of the molecule is ClCc1cccc(Br)c1OCc1ccccc1Cl. The zero-order valence-corrected chi connectivity index (χ0v) is 12.6. The molecule has 94 valence electrons. The molecule has 0 bridgehead atoms. The van der Waals surface area contributed by atoms with Crippen molar-refractivity contribution in [3.63, 3.8) is 0 Å². The molecule has 0 N–H and O–H groups in total. The molecule has 0 aliphatic carbocycles. The summed E-state index contributed by atoms with van der Waals surface area (Å²) in [6.07, 6.45) is 0. The molecule has 0 amide bonds. The highest BCUT2D eigenvalue weighted by molar-refractivity contribution is 9.10. The second-order valence-electron chi connectivity index (χ2n) is 3.74. The maximum atomic E-state index is 6.09. The van der Waals surface area contributed by atoms with Gasteiger partial charge in [0.25, 0.3) is 0 Å². The molecule has 0 radical (unpaired) electrons. The summed E-state index contributed by atoms with van der Waals surface area (Å²) < 4.78 is 6.71. The van der Waals surface area contributed by atoms with Crippen LogP contribution >= 0.6 is 39.1 Å². The third-order valence-corrected chi connectivity index (χ3v) is 3.80. The molecule has 2 aromatic rings. The Morgan fingerprint density at radius 2 is 1.72 bits per heavy atom. The van der Waals surface area contributed by atoms with Crippen molar-refractivity contribution in [3.05, 3.63) is 63.1 Å². The molecular weight excluding hydrogens is 335 g/mol. The van der Waals surface area contributed by atoms with E-state index >= 15 is 0 Å². The van der Waals surface area contributed by atoms with Crippen molar-refractivity contribution in [2.24, 2.45) is 0 Å². The average Bonchev–Trinajstić information content (AvgIpc) is 2.39. The van der Waals surface area contributed by atoms with Gasteiger partial charge in [-0.05, 0) is 28.1 Å². The van der Waals surface area contributed by atoms with Crippen LogP contribution in [0.2, 0.25) is 5.02 Å². The van der Waals surface area contributed by atoms with Gasteiger partial charge >= 0.3 is 0 Å². The van der Waals surface area contributed by atoms with Crippen LogP contribution < -0.4 is 4.74 Å². The van der Waals surface area contributed by atoms with Gasteiger partial charge in [0.05, 0.1) is 10.4 Å². The van der Waals surface area contributed by atoms with E-state index in [1.807, 2.05) is 42.5 Å². The van der Waals surface area contributed by atoms with Gasteiger partial charge in [0.1, 0.15) is 12.4 Å². The van der Waals surface area contributed by atoms with Gasteiger partial charge in [-0.15, -0.1) is 11.6 Å². The summed E-state index contributed by atoms with van der Waals surface area (Å²) in [5.74, 6) is 1.18. The van der Waals surface area contributed by atoms with E-state index in [4.69, 9.17) is 27.9 Å². The molecular formula is C14H11BrCl2O. The molecule has 0 aliphatic heterocycles. The van der Waals surface area contributed by atoms with E-state index in [0.717, 1.165) is 21.3 Å². The molecule has 4 heteroatoms. The number of hydrogen-bond donors (Lipinski definition) is 0. The van der Waals surface area contributed by atoms with Gasteiger partial charge in [0.2, 0.25) is 0 Å². The highest BCUT2D eigenvalue weighted by Gasteiger charge is 2.08. The van der Waals surface area contributed by atoms with Crippen LogP contribution in [0.15, 0.2) is 46.9 Å². The highest BCUT2D eigenvalue weighted by Crippen LogP contribution is 2.31. The van der Waals surface area contributed by atoms with Gasteiger partial charge in [0, 0.05) is 16.1 Å². The number of alkyl halides is 1. The van der Waals surface area contributed by atoms with Crippen molar-refractivity contribution in [2.45, 2.75) is 12.5 Å². The van der Waals surface area contributed by atoms with Crippen LogP contribution in [0.5, 0.6) is 5.75 Å². The normalized spacial score (nSPS) is 10.4. The van der Waals surface area contributed by atoms with Crippen molar-refractivity contribution in [3.8, 4) is 5.75 Å². The third kappa shape index (κ3) is 3.19. The van der Waals surface area contributed by atoms with Gasteiger partial charge < -0.3 is 4.74 Å². The first-order valence-corrected chi connectivity index (χ1v) is 7.12. The average molecular weight is 346 g/mol. The van der Waals surface area contributed by atoms with E-state index in [1.165, 1.54) is 0 Å². The zero-order chi connectivity index (χ0) is 13.0. The maximum Gasteiger partial charge on any atom is 0.138 e. The number of rotatable bonds is 4. The van der Waals surface area contributed by atoms with Crippen LogP contribution in [0, 0.1) is 0 Å². The quantitative estimate of drug-likeness (QED) is 0.672. The highest BCUT2D eigenvalue weighted by atomic mass is 79.9. The Bertz CT molecular complexity index is 543. The largest absolute Gasteiger partial charge is 0.487 e. The molecule has 18 heavy (non-hydrogen) atoms. The molecule has 1 nitrogen and oxygen atoms in total. The van der Waals surface area contributed by atoms with Gasteiger partial charge in [0.15, 0.2) is 0 Å². The molecule has 0 aromatic heterocycles. The van der Waals surface area contributed by atoms with Crippen LogP contribution in [0.4, 0.5) is 0 Å². The third-order valence-electron chi connectivity index (χ3n) is 2.52. The predicted molar refractivity (Wildman–Crippen MR) is 79.5 cm³/mol. The van der Waals surface area contributed by atoms with Crippen LogP contribution in [0.3, 0.4) is 0 Å². The van der Waals surface area contributed by atoms with Gasteiger partial charge in [-0.2, -0.15) is 0 Å². The lowest BCUT2D eigenvalue weighted by Crippen LogP contribution is -1.99. The predicted octanol–water partition coefficient (Wildman–Crippen LogP) is 5.42. The molecule has 0 saturated heterocycles. The van der Waals surface area contributed by atoms with E-state index in [9.17, 15) is 0 Å². The maximum absolute atomic E-state index is 6.09. The van der Waals surface area contributed by atoms with Gasteiger partial charge in [-0.1, -0.05) is 41.9 Å². The summed E-state index contributed by atoms with van der Waals surface area (Å²) in [6, 6.07) is 13.4. The number of hydrogen-bond acceptors (Lipinski definition) is 1. The van der Waals surface area contributed by atoms with E-state index in [0.29, 0.717) is 17.5 Å². The molecule has 0 heterocycles. The second kappa shape index (κ2) is 6.46. The number of ether oxygens (including phenoxy) is 1. The first-order chi connectivity index (χ1) is 8.72. The molecule has 0 spiro atoms. The van der Waals surface area contributed by atoms with Gasteiger partial charge in [-0.25, -0.2) is 0 Å². The fourth-order valence-corrected chi connectivity index (χ4v) is 2.51. The van der Waals surface area contributed by atoms with Crippen molar-refractivity contribution in [1.82, 2.24) is 0 Å². The van der Waals surface area contributed by atoms with Crippen molar-refractivity contribution in [1.29, 1.82) is 0 Å². The number of halogens is 3. The smallest absolute Gasteiger partial charge is 0.138 e. The monoisotopic (exact) mass is 344 g/mol. The minimum absolute atomic E-state index is 0.414. The molecule has 2 rings (SSSR count). The Morgan fingerprint density at radius 3 is 2.44 bits per heavy atom. The summed E-state index contributed by atoms with van der Waals surface area (Å²) in [4.78, 5) is 0. The van der Waals surface area contributed by atoms with Crippen LogP contribution in [-0.4, -0.2) is 0 Å². The van der Waals surface area contributed by atoms with Crippen LogP contribution in [0.25, 0.3) is 0 Å². The molecule has 0 unspecified atom stereocenters. The first-order valence-electron chi connectivity index (χ1n) is 5.42. The van der Waals surface area contributed by atoms with E-state index in [-0.39, 0.29) is 0 Å². The fraction of sp³-hybridized carbons (Fsp3) is 0.143. The Labute approximate surface area is 125 Å². The Kier molecular flexibility index (Phi) is 4.93. The standard InChI is InChI=1S/C14H11BrCl2O/c15-12-6-3-5-10(8-16)14(12)18-9-11-4-1-2-7-13(11)17/h1-7H,8-9H2. The lowest BCUT2D eigenvalue weighted by atomic mass is 10.2. The number of para-hydroxylation sites is 1. The summed E-state index contributed by atoms with van der Waals surface area (Å²) in [6.45, 7) is 0.423.